The molecule has 1 N–H and O–H groups in total. The van der Waals surface area contributed by atoms with Gasteiger partial charge >= 0.3 is 5.97 Å². The van der Waals surface area contributed by atoms with Gasteiger partial charge in [-0.3, -0.25) is 14.4 Å². The van der Waals surface area contributed by atoms with Gasteiger partial charge in [0.25, 0.3) is 5.91 Å². The van der Waals surface area contributed by atoms with E-state index in [1.54, 1.807) is 29.9 Å². The predicted molar refractivity (Wildman–Crippen MR) is 89.1 cm³/mol. The van der Waals surface area contributed by atoms with Crippen molar-refractivity contribution in [2.75, 3.05) is 26.7 Å². The first kappa shape index (κ1) is 16.9. The summed E-state index contributed by atoms with van der Waals surface area (Å²) in [7, 11) is 1.54. The molecule has 2 amide bonds. The molecular formula is C17H20N4O4. The van der Waals surface area contributed by atoms with E-state index in [2.05, 4.69) is 4.98 Å². The number of aromatic nitrogens is 2. The van der Waals surface area contributed by atoms with E-state index in [9.17, 15) is 14.4 Å². The Morgan fingerprint density at radius 1 is 1.36 bits per heavy atom. The van der Waals surface area contributed by atoms with Crippen LogP contribution in [0.25, 0.3) is 5.65 Å². The van der Waals surface area contributed by atoms with E-state index in [1.165, 1.54) is 9.80 Å². The van der Waals surface area contributed by atoms with Crippen LogP contribution in [0.4, 0.5) is 0 Å². The fraction of sp³-hybridized carbons (Fsp3) is 0.412. The van der Waals surface area contributed by atoms with Gasteiger partial charge in [0.05, 0.1) is 12.5 Å². The summed E-state index contributed by atoms with van der Waals surface area (Å²) in [4.78, 5) is 43.1. The summed E-state index contributed by atoms with van der Waals surface area (Å²) >= 11 is 0. The number of hydrogen-bond donors (Lipinski definition) is 1. The number of carbonyl (C=O) groups is 3. The van der Waals surface area contributed by atoms with Gasteiger partial charge in [0.15, 0.2) is 0 Å². The zero-order valence-corrected chi connectivity index (χ0v) is 14.0. The van der Waals surface area contributed by atoms with Gasteiger partial charge in [-0.1, -0.05) is 6.07 Å². The third-order valence-electron chi connectivity index (χ3n) is 4.43. The maximum atomic E-state index is 12.5. The monoisotopic (exact) mass is 344 g/mol. The number of imidazole rings is 1. The van der Waals surface area contributed by atoms with Crippen molar-refractivity contribution >= 4 is 23.4 Å². The third kappa shape index (κ3) is 3.62. The van der Waals surface area contributed by atoms with Crippen molar-refractivity contribution in [3.05, 3.63) is 36.3 Å². The lowest BCUT2D eigenvalue weighted by Gasteiger charge is -2.31. The van der Waals surface area contributed by atoms with Crippen molar-refractivity contribution in [1.29, 1.82) is 0 Å². The molecule has 0 radical (unpaired) electrons. The molecule has 25 heavy (non-hydrogen) atoms. The molecule has 1 saturated heterocycles. The molecule has 1 unspecified atom stereocenters. The summed E-state index contributed by atoms with van der Waals surface area (Å²) in [5.41, 5.74) is 0.925. The van der Waals surface area contributed by atoms with Crippen molar-refractivity contribution in [3.63, 3.8) is 0 Å². The summed E-state index contributed by atoms with van der Waals surface area (Å²) in [6, 6.07) is 5.46. The number of carboxylic acids is 1. The van der Waals surface area contributed by atoms with Gasteiger partial charge in [0, 0.05) is 32.5 Å². The second kappa shape index (κ2) is 6.92. The molecule has 1 aliphatic rings. The topological polar surface area (TPSA) is 95.2 Å². The Labute approximate surface area is 144 Å². The number of rotatable bonds is 4. The Hall–Kier alpha value is -2.90. The Morgan fingerprint density at radius 3 is 2.88 bits per heavy atom. The van der Waals surface area contributed by atoms with Crippen LogP contribution < -0.4 is 0 Å². The number of nitrogens with zero attached hydrogens (tertiary/aromatic N) is 4. The maximum Gasteiger partial charge on any atom is 0.308 e. The highest BCUT2D eigenvalue weighted by atomic mass is 16.4. The lowest BCUT2D eigenvalue weighted by Crippen LogP contribution is -2.46. The molecule has 0 saturated carbocycles. The summed E-state index contributed by atoms with van der Waals surface area (Å²) < 4.78 is 1.74. The van der Waals surface area contributed by atoms with Crippen molar-refractivity contribution in [2.45, 2.75) is 12.8 Å². The van der Waals surface area contributed by atoms with Crippen LogP contribution in [0.15, 0.2) is 30.6 Å². The molecule has 1 fully saturated rings. The maximum absolute atomic E-state index is 12.5. The number of likely N-dealkylation sites (N-methyl/N-ethyl adjacent to an activating group) is 1. The quantitative estimate of drug-likeness (QED) is 0.882. The second-order valence-corrected chi connectivity index (χ2v) is 6.27. The fourth-order valence-electron chi connectivity index (χ4n) is 3.01. The van der Waals surface area contributed by atoms with E-state index in [-0.39, 0.29) is 30.6 Å². The lowest BCUT2D eigenvalue weighted by molar-refractivity contribution is -0.145. The van der Waals surface area contributed by atoms with E-state index in [0.717, 1.165) is 0 Å². The van der Waals surface area contributed by atoms with Crippen LogP contribution in [0.1, 0.15) is 23.3 Å². The number of fused-ring (bicyclic) bond motifs is 1. The Balaban J connectivity index is 1.64. The molecule has 0 aliphatic carbocycles. The van der Waals surface area contributed by atoms with Crippen LogP contribution in [-0.4, -0.2) is 68.8 Å². The lowest BCUT2D eigenvalue weighted by atomic mass is 9.98. The molecule has 8 heteroatoms. The number of likely N-dealkylation sites (tertiary alicyclic amines) is 1. The first-order valence-corrected chi connectivity index (χ1v) is 8.15. The largest absolute Gasteiger partial charge is 0.481 e. The predicted octanol–water partition coefficient (Wildman–Crippen LogP) is 0.730. The molecular weight excluding hydrogens is 324 g/mol. The van der Waals surface area contributed by atoms with Gasteiger partial charge < -0.3 is 19.3 Å². The normalized spacial score (nSPS) is 17.5. The van der Waals surface area contributed by atoms with Crippen molar-refractivity contribution < 1.29 is 19.5 Å². The van der Waals surface area contributed by atoms with Crippen LogP contribution in [0.3, 0.4) is 0 Å². The van der Waals surface area contributed by atoms with Crippen LogP contribution in [0, 0.1) is 5.92 Å². The minimum absolute atomic E-state index is 0.0982. The number of aliphatic carboxylic acids is 1. The van der Waals surface area contributed by atoms with Gasteiger partial charge in [-0.25, -0.2) is 4.98 Å². The summed E-state index contributed by atoms with van der Waals surface area (Å²) in [6.07, 6.45) is 4.66. The highest BCUT2D eigenvalue weighted by Gasteiger charge is 2.29. The van der Waals surface area contributed by atoms with Gasteiger partial charge in [-0.15, -0.1) is 0 Å². The molecule has 0 aromatic carbocycles. The summed E-state index contributed by atoms with van der Waals surface area (Å²) in [6.45, 7) is 0.628. The second-order valence-electron chi connectivity index (χ2n) is 6.27. The Kier molecular flexibility index (Phi) is 4.69. The zero-order chi connectivity index (χ0) is 18.0. The molecule has 2 aromatic rings. The smallest absolute Gasteiger partial charge is 0.308 e. The van der Waals surface area contributed by atoms with E-state index < -0.39 is 11.9 Å². The minimum atomic E-state index is -0.883. The number of piperidine rings is 1. The molecule has 0 bridgehead atoms. The first-order valence-electron chi connectivity index (χ1n) is 8.15. The molecule has 1 atom stereocenters. The number of carbonyl (C=O) groups excluding carboxylic acids is 2. The SMILES string of the molecule is CN(CC(=O)N1CCCC(C(=O)O)C1)C(=O)c1cn2ccccc2n1. The van der Waals surface area contributed by atoms with E-state index in [0.29, 0.717) is 25.0 Å². The molecule has 0 spiro atoms. The van der Waals surface area contributed by atoms with Crippen LogP contribution in [0.5, 0.6) is 0 Å². The van der Waals surface area contributed by atoms with Gasteiger partial charge in [-0.05, 0) is 25.0 Å². The van der Waals surface area contributed by atoms with Crippen LogP contribution in [-0.2, 0) is 9.59 Å². The van der Waals surface area contributed by atoms with Gasteiger partial charge in [-0.2, -0.15) is 0 Å². The fourth-order valence-corrected chi connectivity index (χ4v) is 3.01. The number of hydrogen-bond acceptors (Lipinski definition) is 4. The summed E-state index contributed by atoms with van der Waals surface area (Å²) in [5.74, 6) is -2.00. The number of amides is 2. The highest BCUT2D eigenvalue weighted by molar-refractivity contribution is 5.95. The van der Waals surface area contributed by atoms with Crippen LogP contribution in [0.2, 0.25) is 0 Å². The highest BCUT2D eigenvalue weighted by Crippen LogP contribution is 2.17. The van der Waals surface area contributed by atoms with Crippen molar-refractivity contribution in [1.82, 2.24) is 19.2 Å². The Morgan fingerprint density at radius 2 is 2.16 bits per heavy atom. The Bertz CT molecular complexity index is 783. The van der Waals surface area contributed by atoms with Crippen LogP contribution >= 0.6 is 0 Å². The third-order valence-corrected chi connectivity index (χ3v) is 4.43. The summed E-state index contributed by atoms with van der Waals surface area (Å²) in [5, 5.41) is 9.11. The standard InChI is InChI=1S/C17H20N4O4/c1-19(11-15(22)21-8-4-5-12(9-21)17(24)25)16(23)13-10-20-7-3-2-6-14(20)18-13/h2-3,6-7,10,12H,4-5,8-9,11H2,1H3,(H,24,25). The van der Waals surface area contributed by atoms with E-state index in [1.807, 2.05) is 12.1 Å². The van der Waals surface area contributed by atoms with Crippen molar-refractivity contribution in [2.24, 2.45) is 5.92 Å². The average molecular weight is 344 g/mol. The van der Waals surface area contributed by atoms with Gasteiger partial charge in [0.2, 0.25) is 5.91 Å². The van der Waals surface area contributed by atoms with E-state index >= 15 is 0 Å². The zero-order valence-electron chi connectivity index (χ0n) is 14.0. The number of pyridine rings is 1. The molecule has 3 heterocycles. The van der Waals surface area contributed by atoms with E-state index in [4.69, 9.17) is 5.11 Å². The first-order chi connectivity index (χ1) is 12.0. The minimum Gasteiger partial charge on any atom is -0.481 e. The molecule has 1 aliphatic heterocycles. The molecule has 132 valence electrons. The number of carboxylic acid groups (broad SMARTS) is 1. The average Bonchev–Trinajstić information content (AvgIpc) is 3.05. The molecule has 3 rings (SSSR count). The molecule has 8 nitrogen and oxygen atoms in total. The van der Waals surface area contributed by atoms with Gasteiger partial charge in [0.1, 0.15) is 11.3 Å². The van der Waals surface area contributed by atoms with Crippen molar-refractivity contribution in [3.8, 4) is 0 Å². The molecule has 2 aromatic heterocycles.